The van der Waals surface area contributed by atoms with Crippen LogP contribution in [0.1, 0.15) is 31.0 Å². The van der Waals surface area contributed by atoms with Gasteiger partial charge in [-0.3, -0.25) is 4.79 Å². The van der Waals surface area contributed by atoms with Crippen molar-refractivity contribution in [3.63, 3.8) is 0 Å². The van der Waals surface area contributed by atoms with E-state index in [-0.39, 0.29) is 11.6 Å². The standard InChI is InChI=1S/C16H18BrNO2/c1-10(2)18-9-14(13(17)8-15(18)19)20-16-11(3)6-5-7-12(16)4/h5-10H,1-4H3. The fraction of sp³-hybridized carbons (Fsp3) is 0.312. The fourth-order valence-corrected chi connectivity index (χ4v) is 2.43. The van der Waals surface area contributed by atoms with Crippen LogP contribution < -0.4 is 10.3 Å². The van der Waals surface area contributed by atoms with Crippen LogP contribution in [0.25, 0.3) is 0 Å². The van der Waals surface area contributed by atoms with Crippen molar-refractivity contribution in [3.8, 4) is 11.5 Å². The van der Waals surface area contributed by atoms with E-state index in [1.165, 1.54) is 0 Å². The molecule has 4 heteroatoms. The number of aryl methyl sites for hydroxylation is 2. The summed E-state index contributed by atoms with van der Waals surface area (Å²) in [4.78, 5) is 11.9. The van der Waals surface area contributed by atoms with E-state index in [9.17, 15) is 4.79 Å². The van der Waals surface area contributed by atoms with Crippen molar-refractivity contribution in [2.24, 2.45) is 0 Å². The second-order valence-electron chi connectivity index (χ2n) is 5.15. The van der Waals surface area contributed by atoms with Gasteiger partial charge in [0.1, 0.15) is 5.75 Å². The first-order chi connectivity index (χ1) is 9.40. The normalized spacial score (nSPS) is 10.9. The van der Waals surface area contributed by atoms with Crippen LogP contribution >= 0.6 is 15.9 Å². The van der Waals surface area contributed by atoms with E-state index in [2.05, 4.69) is 15.9 Å². The molecule has 1 aromatic heterocycles. The minimum Gasteiger partial charge on any atom is -0.454 e. The second kappa shape index (κ2) is 5.83. The third-order valence-electron chi connectivity index (χ3n) is 3.17. The minimum absolute atomic E-state index is 0.0410. The number of hydrogen-bond donors (Lipinski definition) is 0. The Morgan fingerprint density at radius 3 is 2.35 bits per heavy atom. The van der Waals surface area contributed by atoms with Gasteiger partial charge in [-0.05, 0) is 54.8 Å². The average molecular weight is 336 g/mol. The van der Waals surface area contributed by atoms with E-state index >= 15 is 0 Å². The van der Waals surface area contributed by atoms with Gasteiger partial charge in [-0.1, -0.05) is 18.2 Å². The number of benzene rings is 1. The van der Waals surface area contributed by atoms with Crippen LogP contribution in [0.3, 0.4) is 0 Å². The molecule has 0 atom stereocenters. The number of nitrogens with zero attached hydrogens (tertiary/aromatic N) is 1. The highest BCUT2D eigenvalue weighted by atomic mass is 79.9. The molecule has 0 radical (unpaired) electrons. The first-order valence-corrected chi connectivity index (χ1v) is 7.35. The van der Waals surface area contributed by atoms with Crippen LogP contribution in [-0.2, 0) is 0 Å². The molecule has 1 heterocycles. The van der Waals surface area contributed by atoms with Gasteiger partial charge in [0, 0.05) is 12.1 Å². The molecule has 0 spiro atoms. The van der Waals surface area contributed by atoms with Gasteiger partial charge in [0.15, 0.2) is 5.75 Å². The van der Waals surface area contributed by atoms with E-state index in [0.29, 0.717) is 10.2 Å². The lowest BCUT2D eigenvalue weighted by molar-refractivity contribution is 0.456. The van der Waals surface area contributed by atoms with E-state index < -0.39 is 0 Å². The van der Waals surface area contributed by atoms with Gasteiger partial charge < -0.3 is 9.30 Å². The summed E-state index contributed by atoms with van der Waals surface area (Å²) in [6.07, 6.45) is 1.75. The SMILES string of the molecule is Cc1cccc(C)c1Oc1cn(C(C)C)c(=O)cc1Br. The summed E-state index contributed by atoms with van der Waals surface area (Å²) >= 11 is 3.40. The molecular formula is C16H18BrNO2. The van der Waals surface area contributed by atoms with Gasteiger partial charge in [-0.15, -0.1) is 0 Å². The topological polar surface area (TPSA) is 31.2 Å². The Hall–Kier alpha value is -1.55. The zero-order valence-corrected chi connectivity index (χ0v) is 13.7. The van der Waals surface area contributed by atoms with Crippen LogP contribution in [0, 0.1) is 13.8 Å². The smallest absolute Gasteiger partial charge is 0.252 e. The summed E-state index contributed by atoms with van der Waals surface area (Å²) in [5, 5.41) is 0. The molecule has 0 N–H and O–H groups in total. The summed E-state index contributed by atoms with van der Waals surface area (Å²) in [5.74, 6) is 1.48. The molecule has 2 aromatic rings. The molecule has 0 aliphatic carbocycles. The second-order valence-corrected chi connectivity index (χ2v) is 6.00. The largest absolute Gasteiger partial charge is 0.454 e. The lowest BCUT2D eigenvalue weighted by Gasteiger charge is -2.16. The Morgan fingerprint density at radius 2 is 1.80 bits per heavy atom. The molecular weight excluding hydrogens is 318 g/mol. The van der Waals surface area contributed by atoms with Crippen LogP contribution in [0.15, 0.2) is 39.7 Å². The van der Waals surface area contributed by atoms with Crippen LogP contribution in [0.5, 0.6) is 11.5 Å². The van der Waals surface area contributed by atoms with Gasteiger partial charge in [0.2, 0.25) is 0 Å². The van der Waals surface area contributed by atoms with Crippen LogP contribution in [-0.4, -0.2) is 4.57 Å². The van der Waals surface area contributed by atoms with Crippen molar-refractivity contribution in [2.75, 3.05) is 0 Å². The van der Waals surface area contributed by atoms with E-state index in [1.54, 1.807) is 16.8 Å². The molecule has 2 rings (SSSR count). The highest BCUT2D eigenvalue weighted by Gasteiger charge is 2.11. The molecule has 20 heavy (non-hydrogen) atoms. The maximum Gasteiger partial charge on any atom is 0.252 e. The third kappa shape index (κ3) is 2.96. The van der Waals surface area contributed by atoms with Crippen molar-refractivity contribution in [2.45, 2.75) is 33.7 Å². The van der Waals surface area contributed by atoms with E-state index in [4.69, 9.17) is 4.74 Å². The van der Waals surface area contributed by atoms with Crippen LogP contribution in [0.2, 0.25) is 0 Å². The number of rotatable bonds is 3. The Kier molecular flexibility index (Phi) is 4.33. The van der Waals surface area contributed by atoms with Crippen molar-refractivity contribution >= 4 is 15.9 Å². The summed E-state index contributed by atoms with van der Waals surface area (Å²) < 4.78 is 8.34. The predicted molar refractivity (Wildman–Crippen MR) is 84.8 cm³/mol. The molecule has 0 saturated heterocycles. The van der Waals surface area contributed by atoms with Gasteiger partial charge in [-0.25, -0.2) is 0 Å². The highest BCUT2D eigenvalue weighted by Crippen LogP contribution is 2.32. The van der Waals surface area contributed by atoms with Gasteiger partial charge in [0.25, 0.3) is 5.56 Å². The van der Waals surface area contributed by atoms with E-state index in [1.807, 2.05) is 45.9 Å². The lowest BCUT2D eigenvalue weighted by atomic mass is 10.1. The molecule has 0 amide bonds. The fourth-order valence-electron chi connectivity index (χ4n) is 2.05. The van der Waals surface area contributed by atoms with E-state index in [0.717, 1.165) is 16.9 Å². The van der Waals surface area contributed by atoms with Crippen molar-refractivity contribution in [1.82, 2.24) is 4.57 Å². The number of aromatic nitrogens is 1. The molecule has 106 valence electrons. The number of ether oxygens (including phenoxy) is 1. The quantitative estimate of drug-likeness (QED) is 0.820. The molecule has 0 aliphatic rings. The number of halogens is 1. The zero-order chi connectivity index (χ0) is 14.9. The maximum absolute atomic E-state index is 11.9. The Balaban J connectivity index is 2.49. The van der Waals surface area contributed by atoms with Gasteiger partial charge >= 0.3 is 0 Å². The first kappa shape index (κ1) is 14.9. The monoisotopic (exact) mass is 335 g/mol. The average Bonchev–Trinajstić information content (AvgIpc) is 2.35. The summed E-state index contributed by atoms with van der Waals surface area (Å²) in [6, 6.07) is 7.66. The first-order valence-electron chi connectivity index (χ1n) is 6.56. The number of hydrogen-bond acceptors (Lipinski definition) is 2. The maximum atomic E-state index is 11.9. The number of pyridine rings is 1. The van der Waals surface area contributed by atoms with Gasteiger partial charge in [-0.2, -0.15) is 0 Å². The summed E-state index contributed by atoms with van der Waals surface area (Å²) in [6.45, 7) is 7.96. The van der Waals surface area contributed by atoms with Crippen molar-refractivity contribution < 1.29 is 4.74 Å². The Bertz CT molecular complexity index is 669. The third-order valence-corrected chi connectivity index (χ3v) is 3.79. The molecule has 0 fully saturated rings. The van der Waals surface area contributed by atoms with Crippen LogP contribution in [0.4, 0.5) is 0 Å². The minimum atomic E-state index is -0.0410. The zero-order valence-electron chi connectivity index (χ0n) is 12.1. The summed E-state index contributed by atoms with van der Waals surface area (Å²) in [5.41, 5.74) is 2.10. The van der Waals surface area contributed by atoms with Gasteiger partial charge in [0.05, 0.1) is 10.7 Å². The van der Waals surface area contributed by atoms with Crippen molar-refractivity contribution in [3.05, 3.63) is 56.4 Å². The Morgan fingerprint density at radius 1 is 1.20 bits per heavy atom. The highest BCUT2D eigenvalue weighted by molar-refractivity contribution is 9.10. The van der Waals surface area contributed by atoms with Crippen molar-refractivity contribution in [1.29, 1.82) is 0 Å². The molecule has 1 aromatic carbocycles. The number of para-hydroxylation sites is 1. The molecule has 0 bridgehead atoms. The summed E-state index contributed by atoms with van der Waals surface area (Å²) in [7, 11) is 0. The lowest BCUT2D eigenvalue weighted by Crippen LogP contribution is -2.20. The molecule has 0 saturated carbocycles. The molecule has 0 unspecified atom stereocenters. The molecule has 3 nitrogen and oxygen atoms in total. The predicted octanol–water partition coefficient (Wildman–Crippen LogP) is 4.60. The molecule has 0 aliphatic heterocycles. The Labute approximate surface area is 127 Å².